The van der Waals surface area contributed by atoms with Gasteiger partial charge in [-0.15, -0.1) is 0 Å². The molecular formula is C18H12Cl2N4O2S. The Labute approximate surface area is 169 Å². The third-order valence-corrected chi connectivity index (χ3v) is 5.40. The molecule has 27 heavy (non-hydrogen) atoms. The fraction of sp³-hybridized carbons (Fsp3) is 0.111. The van der Waals surface area contributed by atoms with Gasteiger partial charge < -0.3 is 0 Å². The first-order valence-corrected chi connectivity index (χ1v) is 9.41. The molecule has 0 unspecified atom stereocenters. The van der Waals surface area contributed by atoms with Crippen molar-refractivity contribution in [2.75, 3.05) is 4.90 Å². The number of carbonyl (C=O) groups is 2. The second-order valence-corrected chi connectivity index (χ2v) is 7.44. The van der Waals surface area contributed by atoms with Crippen LogP contribution in [0.15, 0.2) is 53.5 Å². The molecule has 3 rings (SSSR count). The van der Waals surface area contributed by atoms with Crippen molar-refractivity contribution in [3.63, 3.8) is 0 Å². The van der Waals surface area contributed by atoms with Crippen LogP contribution in [0, 0.1) is 11.5 Å². The molecule has 136 valence electrons. The Bertz CT molecular complexity index is 974. The zero-order chi connectivity index (χ0) is 19.4. The molecule has 0 spiro atoms. The van der Waals surface area contributed by atoms with Crippen LogP contribution in [-0.2, 0) is 9.59 Å². The van der Waals surface area contributed by atoms with Gasteiger partial charge in [0, 0.05) is 6.42 Å². The molecule has 1 atom stereocenters. The number of imide groups is 1. The average Bonchev–Trinajstić information content (AvgIpc) is 2.91. The summed E-state index contributed by atoms with van der Waals surface area (Å²) in [4.78, 5) is 30.5. The number of amidine groups is 1. The van der Waals surface area contributed by atoms with Crippen LogP contribution < -0.4 is 10.2 Å². The topological polar surface area (TPSA) is 85.6 Å². The molecule has 6 nitrogen and oxygen atoms in total. The van der Waals surface area contributed by atoms with Gasteiger partial charge in [0.2, 0.25) is 11.8 Å². The molecule has 1 saturated heterocycles. The van der Waals surface area contributed by atoms with Gasteiger partial charge in [-0.1, -0.05) is 59.2 Å². The third-order valence-electron chi connectivity index (χ3n) is 3.69. The molecule has 2 aromatic carbocycles. The Morgan fingerprint density at radius 3 is 2.48 bits per heavy atom. The number of rotatable bonds is 3. The van der Waals surface area contributed by atoms with Crippen LogP contribution in [0.3, 0.4) is 0 Å². The van der Waals surface area contributed by atoms with Crippen LogP contribution in [0.5, 0.6) is 0 Å². The highest BCUT2D eigenvalue weighted by Gasteiger charge is 2.41. The van der Waals surface area contributed by atoms with Crippen molar-refractivity contribution in [2.24, 2.45) is 4.99 Å². The number of thioether (sulfide) groups is 1. The number of amides is 2. The third kappa shape index (κ3) is 4.25. The molecule has 1 fully saturated rings. The molecule has 2 amide bonds. The fourth-order valence-electron chi connectivity index (χ4n) is 2.50. The number of hydrogen-bond donors (Lipinski definition) is 1. The number of para-hydroxylation sites is 2. The Morgan fingerprint density at radius 2 is 1.81 bits per heavy atom. The van der Waals surface area contributed by atoms with Gasteiger partial charge in [-0.2, -0.15) is 5.26 Å². The van der Waals surface area contributed by atoms with E-state index >= 15 is 0 Å². The van der Waals surface area contributed by atoms with Crippen LogP contribution in [-0.4, -0.2) is 22.2 Å². The minimum Gasteiger partial charge on any atom is -0.274 e. The number of aliphatic imine (C=N–C) groups is 1. The van der Waals surface area contributed by atoms with Gasteiger partial charge in [0.15, 0.2) is 11.4 Å². The molecule has 0 saturated carbocycles. The number of nitriles is 1. The number of halogens is 2. The summed E-state index contributed by atoms with van der Waals surface area (Å²) in [5.74, 6) is -0.774. The van der Waals surface area contributed by atoms with Crippen LogP contribution in [0.4, 0.5) is 11.4 Å². The lowest BCUT2D eigenvalue weighted by Gasteiger charge is -2.16. The number of nitrogens with zero attached hydrogens (tertiary/aromatic N) is 3. The van der Waals surface area contributed by atoms with Gasteiger partial charge in [0.05, 0.1) is 21.4 Å². The number of carbonyl (C=O) groups excluding carboxylic acids is 2. The fourth-order valence-corrected chi connectivity index (χ4v) is 3.86. The maximum Gasteiger partial charge on any atom is 0.247 e. The van der Waals surface area contributed by atoms with E-state index in [1.54, 1.807) is 54.7 Å². The molecular weight excluding hydrogens is 407 g/mol. The lowest BCUT2D eigenvalue weighted by molar-refractivity contribution is -0.121. The lowest BCUT2D eigenvalue weighted by Crippen LogP contribution is -2.32. The highest BCUT2D eigenvalue weighted by molar-refractivity contribution is 8.15. The standard InChI is InChI=1S/C18H12Cl2N4O2S/c19-11-5-1-3-7-13(11)23-18(22-10-21)27-15-9-16(25)24(17(15)26)14-8-4-2-6-12(14)20/h1-8,15H,9H2,(H,22,23)/t15-/m1/s1. The van der Waals surface area contributed by atoms with Gasteiger partial charge in [-0.25, -0.2) is 9.89 Å². The Balaban J connectivity index is 1.85. The number of hydrogen-bond acceptors (Lipinski definition) is 5. The van der Waals surface area contributed by atoms with E-state index in [9.17, 15) is 9.59 Å². The summed E-state index contributed by atoms with van der Waals surface area (Å²) < 4.78 is 0. The van der Waals surface area contributed by atoms with E-state index < -0.39 is 11.2 Å². The highest BCUT2D eigenvalue weighted by atomic mass is 35.5. The second-order valence-electron chi connectivity index (χ2n) is 5.43. The van der Waals surface area contributed by atoms with E-state index in [2.05, 4.69) is 10.3 Å². The van der Waals surface area contributed by atoms with Crippen LogP contribution in [0.25, 0.3) is 0 Å². The van der Waals surface area contributed by atoms with Crippen molar-refractivity contribution in [1.29, 1.82) is 5.26 Å². The highest BCUT2D eigenvalue weighted by Crippen LogP contribution is 2.34. The minimum absolute atomic E-state index is 0.0244. The minimum atomic E-state index is -0.726. The Morgan fingerprint density at radius 1 is 1.15 bits per heavy atom. The molecule has 0 radical (unpaired) electrons. The second kappa shape index (κ2) is 8.44. The van der Waals surface area contributed by atoms with Crippen LogP contribution in [0.1, 0.15) is 6.42 Å². The zero-order valence-corrected chi connectivity index (χ0v) is 16.1. The predicted molar refractivity (Wildman–Crippen MR) is 107 cm³/mol. The van der Waals surface area contributed by atoms with Crippen molar-refractivity contribution < 1.29 is 9.59 Å². The van der Waals surface area contributed by atoms with E-state index in [4.69, 9.17) is 28.5 Å². The molecule has 2 aromatic rings. The normalized spacial score (nSPS) is 17.1. The molecule has 1 N–H and O–H groups in total. The molecule has 1 aliphatic rings. The van der Waals surface area contributed by atoms with Gasteiger partial charge in [-0.05, 0) is 24.3 Å². The monoisotopic (exact) mass is 418 g/mol. The summed E-state index contributed by atoms with van der Waals surface area (Å²) in [6.07, 6.45) is 1.76. The molecule has 0 bridgehead atoms. The average molecular weight is 419 g/mol. The van der Waals surface area contributed by atoms with Gasteiger partial charge in [0.1, 0.15) is 5.25 Å². The first-order valence-electron chi connectivity index (χ1n) is 7.77. The van der Waals surface area contributed by atoms with E-state index in [1.807, 2.05) is 0 Å². The molecule has 0 aromatic heterocycles. The predicted octanol–water partition coefficient (Wildman–Crippen LogP) is 4.12. The first kappa shape index (κ1) is 19.2. The van der Waals surface area contributed by atoms with E-state index in [-0.39, 0.29) is 17.5 Å². The van der Waals surface area contributed by atoms with Gasteiger partial charge >= 0.3 is 0 Å². The smallest absolute Gasteiger partial charge is 0.247 e. The van der Waals surface area contributed by atoms with Crippen molar-refractivity contribution in [2.45, 2.75) is 11.7 Å². The van der Waals surface area contributed by atoms with E-state index in [0.717, 1.165) is 16.7 Å². The Kier molecular flexibility index (Phi) is 6.01. The van der Waals surface area contributed by atoms with Crippen molar-refractivity contribution in [1.82, 2.24) is 5.32 Å². The summed E-state index contributed by atoms with van der Waals surface area (Å²) in [6.45, 7) is 0. The van der Waals surface area contributed by atoms with E-state index in [1.165, 1.54) is 0 Å². The maximum atomic E-state index is 12.8. The van der Waals surface area contributed by atoms with Crippen LogP contribution in [0.2, 0.25) is 10.0 Å². The van der Waals surface area contributed by atoms with Crippen molar-refractivity contribution in [3.05, 3.63) is 58.6 Å². The Hall–Kier alpha value is -2.53. The summed E-state index contributed by atoms with van der Waals surface area (Å²) in [6, 6.07) is 13.5. The van der Waals surface area contributed by atoms with Gasteiger partial charge in [0.25, 0.3) is 0 Å². The van der Waals surface area contributed by atoms with Crippen molar-refractivity contribution in [3.8, 4) is 6.19 Å². The molecule has 9 heteroatoms. The maximum absolute atomic E-state index is 12.8. The SMILES string of the molecule is N#CNC(=Nc1ccccc1Cl)S[C@@H]1CC(=O)N(c2ccccc2Cl)C1=O. The lowest BCUT2D eigenvalue weighted by atomic mass is 10.3. The number of anilines is 1. The summed E-state index contributed by atoms with van der Waals surface area (Å²) in [5, 5.41) is 11.6. The van der Waals surface area contributed by atoms with Gasteiger partial charge in [-0.3, -0.25) is 14.9 Å². The number of benzene rings is 2. The summed E-state index contributed by atoms with van der Waals surface area (Å²) in [5.41, 5.74) is 0.791. The zero-order valence-electron chi connectivity index (χ0n) is 13.7. The van der Waals surface area contributed by atoms with Crippen LogP contribution >= 0.6 is 35.0 Å². The largest absolute Gasteiger partial charge is 0.274 e. The quantitative estimate of drug-likeness (QED) is 0.266. The molecule has 0 aliphatic carbocycles. The van der Waals surface area contributed by atoms with Crippen molar-refractivity contribution >= 4 is 63.3 Å². The first-order chi connectivity index (χ1) is 13.0. The van der Waals surface area contributed by atoms with E-state index in [0.29, 0.717) is 21.4 Å². The summed E-state index contributed by atoms with van der Waals surface area (Å²) in [7, 11) is 0. The summed E-state index contributed by atoms with van der Waals surface area (Å²) >= 11 is 13.2. The molecule has 1 heterocycles. The molecule has 1 aliphatic heterocycles. The number of nitrogens with one attached hydrogen (secondary N) is 1.